The molecule has 1 rings (SSSR count). The largest absolute Gasteiger partial charge is 0.382 e. The first-order chi connectivity index (χ1) is 6.63. The van der Waals surface area contributed by atoms with E-state index in [1.54, 1.807) is 0 Å². The van der Waals surface area contributed by atoms with Gasteiger partial charge < -0.3 is 5.32 Å². The van der Waals surface area contributed by atoms with E-state index in [0.717, 1.165) is 17.1 Å². The second-order valence-corrected chi connectivity index (χ2v) is 4.35. The maximum atomic E-state index is 5.91. The van der Waals surface area contributed by atoms with Crippen LogP contribution in [-0.4, -0.2) is 6.04 Å². The van der Waals surface area contributed by atoms with Gasteiger partial charge in [-0.2, -0.15) is 0 Å². The van der Waals surface area contributed by atoms with Gasteiger partial charge >= 0.3 is 0 Å². The highest BCUT2D eigenvalue weighted by atomic mass is 35.5. The van der Waals surface area contributed by atoms with E-state index in [9.17, 15) is 0 Å². The van der Waals surface area contributed by atoms with Gasteiger partial charge in [0.25, 0.3) is 0 Å². The summed E-state index contributed by atoms with van der Waals surface area (Å²) in [5.74, 6) is 0.638. The smallest absolute Gasteiger partial charge is 0.0426 e. The molecular formula is C12H18ClN. The molecule has 1 nitrogen and oxygen atoms in total. The minimum atomic E-state index is 0.522. The third kappa shape index (κ3) is 3.22. The van der Waals surface area contributed by atoms with E-state index in [4.69, 9.17) is 11.6 Å². The van der Waals surface area contributed by atoms with Crippen LogP contribution in [0.5, 0.6) is 0 Å². The van der Waals surface area contributed by atoms with Crippen LogP contribution in [0.25, 0.3) is 0 Å². The first kappa shape index (κ1) is 11.4. The fourth-order valence-electron chi connectivity index (χ4n) is 1.53. The van der Waals surface area contributed by atoms with Crippen LogP contribution in [-0.2, 0) is 0 Å². The molecule has 0 aliphatic rings. The maximum Gasteiger partial charge on any atom is 0.0426 e. The van der Waals surface area contributed by atoms with E-state index in [2.05, 4.69) is 32.2 Å². The van der Waals surface area contributed by atoms with Crippen molar-refractivity contribution in [1.82, 2.24) is 0 Å². The predicted molar refractivity (Wildman–Crippen MR) is 64.0 cm³/mol. The molecule has 14 heavy (non-hydrogen) atoms. The molecule has 0 amide bonds. The molecule has 2 heteroatoms. The van der Waals surface area contributed by atoms with Gasteiger partial charge in [0.1, 0.15) is 0 Å². The molecule has 0 aliphatic carbocycles. The van der Waals surface area contributed by atoms with Gasteiger partial charge in [-0.25, -0.2) is 0 Å². The Balaban J connectivity index is 2.67. The van der Waals surface area contributed by atoms with Gasteiger partial charge in [0.2, 0.25) is 0 Å². The van der Waals surface area contributed by atoms with Crippen molar-refractivity contribution < 1.29 is 0 Å². The second-order valence-electron chi connectivity index (χ2n) is 3.91. The number of rotatable bonds is 4. The van der Waals surface area contributed by atoms with E-state index >= 15 is 0 Å². The average Bonchev–Trinajstić information content (AvgIpc) is 2.14. The molecule has 78 valence electrons. The monoisotopic (exact) mass is 211 g/mol. The molecule has 1 unspecified atom stereocenters. The Morgan fingerprint density at radius 2 is 2.07 bits per heavy atom. The minimum absolute atomic E-state index is 0.522. The highest BCUT2D eigenvalue weighted by Crippen LogP contribution is 2.18. The lowest BCUT2D eigenvalue weighted by Crippen LogP contribution is -2.24. The molecule has 0 bridgehead atoms. The van der Waals surface area contributed by atoms with Crippen molar-refractivity contribution in [2.45, 2.75) is 33.2 Å². The molecular weight excluding hydrogens is 194 g/mol. The van der Waals surface area contributed by atoms with E-state index in [1.165, 1.54) is 0 Å². The summed E-state index contributed by atoms with van der Waals surface area (Å²) in [7, 11) is 0. The fraction of sp³-hybridized carbons (Fsp3) is 0.500. The number of nitrogens with one attached hydrogen (secondary N) is 1. The molecule has 0 fully saturated rings. The van der Waals surface area contributed by atoms with Crippen LogP contribution < -0.4 is 5.32 Å². The average molecular weight is 212 g/mol. The molecule has 1 N–H and O–H groups in total. The lowest BCUT2D eigenvalue weighted by molar-refractivity contribution is 0.511. The zero-order valence-electron chi connectivity index (χ0n) is 9.05. The zero-order chi connectivity index (χ0) is 10.6. The quantitative estimate of drug-likeness (QED) is 0.788. The highest BCUT2D eigenvalue weighted by molar-refractivity contribution is 6.30. The number of halogens is 1. The number of hydrogen-bond donors (Lipinski definition) is 1. The molecule has 1 atom stereocenters. The summed E-state index contributed by atoms with van der Waals surface area (Å²) < 4.78 is 0. The van der Waals surface area contributed by atoms with Gasteiger partial charge in [-0.15, -0.1) is 0 Å². The molecule has 0 radical (unpaired) electrons. The zero-order valence-corrected chi connectivity index (χ0v) is 9.81. The van der Waals surface area contributed by atoms with Crippen molar-refractivity contribution in [1.29, 1.82) is 0 Å². The summed E-state index contributed by atoms with van der Waals surface area (Å²) in [5, 5.41) is 4.27. The van der Waals surface area contributed by atoms with Crippen LogP contribution >= 0.6 is 11.6 Å². The van der Waals surface area contributed by atoms with Gasteiger partial charge in [0.15, 0.2) is 0 Å². The van der Waals surface area contributed by atoms with Crippen molar-refractivity contribution in [2.75, 3.05) is 5.32 Å². The molecule has 1 aromatic carbocycles. The summed E-state index contributed by atoms with van der Waals surface area (Å²) in [5.41, 5.74) is 1.11. The number of benzene rings is 1. The van der Waals surface area contributed by atoms with Crippen LogP contribution in [0.1, 0.15) is 27.2 Å². The molecule has 0 aliphatic heterocycles. The highest BCUT2D eigenvalue weighted by Gasteiger charge is 2.09. The maximum absolute atomic E-state index is 5.91. The summed E-state index contributed by atoms with van der Waals surface area (Å²) in [6.45, 7) is 6.65. The lowest BCUT2D eigenvalue weighted by Gasteiger charge is -2.22. The summed E-state index contributed by atoms with van der Waals surface area (Å²) in [4.78, 5) is 0. The van der Waals surface area contributed by atoms with Crippen LogP contribution in [0.3, 0.4) is 0 Å². The van der Waals surface area contributed by atoms with Crippen LogP contribution in [0.4, 0.5) is 5.69 Å². The van der Waals surface area contributed by atoms with E-state index < -0.39 is 0 Å². The first-order valence-electron chi connectivity index (χ1n) is 5.15. The summed E-state index contributed by atoms with van der Waals surface area (Å²) >= 11 is 5.91. The Morgan fingerprint density at radius 1 is 1.36 bits per heavy atom. The molecule has 0 heterocycles. The molecule has 1 aromatic rings. The molecule has 0 saturated carbocycles. The Labute approximate surface area is 91.5 Å². The van der Waals surface area contributed by atoms with E-state index in [-0.39, 0.29) is 0 Å². The van der Waals surface area contributed by atoms with Crippen LogP contribution in [0, 0.1) is 5.92 Å². The van der Waals surface area contributed by atoms with Crippen molar-refractivity contribution in [2.24, 2.45) is 5.92 Å². The normalized spacial score (nSPS) is 12.9. The van der Waals surface area contributed by atoms with Gasteiger partial charge in [0, 0.05) is 16.8 Å². The van der Waals surface area contributed by atoms with Crippen molar-refractivity contribution in [3.05, 3.63) is 29.3 Å². The number of anilines is 1. The molecule has 0 aromatic heterocycles. The Kier molecular flexibility index (Phi) is 4.27. The molecule has 0 spiro atoms. The van der Waals surface area contributed by atoms with Crippen LogP contribution in [0.2, 0.25) is 5.02 Å². The van der Waals surface area contributed by atoms with Gasteiger partial charge in [-0.3, -0.25) is 0 Å². The minimum Gasteiger partial charge on any atom is -0.382 e. The Morgan fingerprint density at radius 3 is 2.57 bits per heavy atom. The van der Waals surface area contributed by atoms with E-state index in [0.29, 0.717) is 12.0 Å². The predicted octanol–water partition coefficient (Wildman–Crippen LogP) is 4.19. The van der Waals surface area contributed by atoms with Gasteiger partial charge in [-0.05, 0) is 30.5 Å². The van der Waals surface area contributed by atoms with Gasteiger partial charge in [-0.1, -0.05) is 38.4 Å². The Bertz CT molecular complexity index is 283. The third-order valence-electron chi connectivity index (χ3n) is 2.42. The lowest BCUT2D eigenvalue weighted by atomic mass is 10.0. The second kappa shape index (κ2) is 5.26. The summed E-state index contributed by atoms with van der Waals surface area (Å²) in [6, 6.07) is 8.40. The summed E-state index contributed by atoms with van der Waals surface area (Å²) in [6.07, 6.45) is 1.13. The van der Waals surface area contributed by atoms with Crippen LogP contribution in [0.15, 0.2) is 24.3 Å². The Hall–Kier alpha value is -0.690. The van der Waals surface area contributed by atoms with E-state index in [1.807, 2.05) is 18.2 Å². The molecule has 0 saturated heterocycles. The SMILES string of the molecule is CCC(Nc1cccc(Cl)c1)C(C)C. The standard InChI is InChI=1S/C12H18ClN/c1-4-12(9(2)3)14-11-7-5-6-10(13)8-11/h5-9,12,14H,4H2,1-3H3. The first-order valence-corrected chi connectivity index (χ1v) is 5.53. The van der Waals surface area contributed by atoms with Crippen molar-refractivity contribution in [3.63, 3.8) is 0 Å². The fourth-order valence-corrected chi connectivity index (χ4v) is 1.72. The van der Waals surface area contributed by atoms with Crippen molar-refractivity contribution in [3.8, 4) is 0 Å². The number of hydrogen-bond acceptors (Lipinski definition) is 1. The third-order valence-corrected chi connectivity index (χ3v) is 2.66. The topological polar surface area (TPSA) is 12.0 Å². The van der Waals surface area contributed by atoms with Gasteiger partial charge in [0.05, 0.1) is 0 Å². The van der Waals surface area contributed by atoms with Crippen molar-refractivity contribution >= 4 is 17.3 Å².